The van der Waals surface area contributed by atoms with Crippen LogP contribution in [0.4, 0.5) is 0 Å². The SMILES string of the molecule is CC(=CCCc1coc(Cc2ccoc2)c1)CCCC(C)CC1OC(=O)C(C)=C1O. The summed E-state index contributed by atoms with van der Waals surface area (Å²) in [5, 5.41) is 9.96. The molecule has 5 heteroatoms. The molecule has 2 unspecified atom stereocenters. The van der Waals surface area contributed by atoms with Crippen LogP contribution >= 0.6 is 0 Å². The molecule has 2 aromatic rings. The number of carbonyl (C=O) groups is 1. The van der Waals surface area contributed by atoms with E-state index >= 15 is 0 Å². The summed E-state index contributed by atoms with van der Waals surface area (Å²) >= 11 is 0. The molecule has 0 saturated carbocycles. The maximum Gasteiger partial charge on any atom is 0.337 e. The molecule has 2 aromatic heterocycles. The Bertz CT molecular complexity index is 885. The number of aryl methyl sites for hydroxylation is 1. The zero-order chi connectivity index (χ0) is 21.5. The van der Waals surface area contributed by atoms with Crippen LogP contribution in [-0.4, -0.2) is 17.2 Å². The van der Waals surface area contributed by atoms with Crippen LogP contribution in [0.2, 0.25) is 0 Å². The van der Waals surface area contributed by atoms with Gasteiger partial charge in [-0.05, 0) is 75.1 Å². The fourth-order valence-corrected chi connectivity index (χ4v) is 3.82. The van der Waals surface area contributed by atoms with Crippen molar-refractivity contribution in [3.63, 3.8) is 0 Å². The lowest BCUT2D eigenvalue weighted by Gasteiger charge is -2.16. The van der Waals surface area contributed by atoms with Crippen molar-refractivity contribution in [1.29, 1.82) is 0 Å². The monoisotopic (exact) mass is 412 g/mol. The third-order valence-electron chi connectivity index (χ3n) is 5.72. The van der Waals surface area contributed by atoms with Gasteiger partial charge in [0.25, 0.3) is 0 Å². The summed E-state index contributed by atoms with van der Waals surface area (Å²) in [5.74, 6) is 1.07. The van der Waals surface area contributed by atoms with Crippen molar-refractivity contribution in [3.8, 4) is 0 Å². The Labute approximate surface area is 178 Å². The van der Waals surface area contributed by atoms with Crippen LogP contribution in [-0.2, 0) is 22.4 Å². The lowest BCUT2D eigenvalue weighted by atomic mass is 9.95. The highest BCUT2D eigenvalue weighted by molar-refractivity contribution is 5.90. The van der Waals surface area contributed by atoms with Crippen molar-refractivity contribution >= 4 is 5.97 Å². The minimum Gasteiger partial charge on any atom is -0.508 e. The summed E-state index contributed by atoms with van der Waals surface area (Å²) < 4.78 is 16.0. The van der Waals surface area contributed by atoms with Gasteiger partial charge in [0.2, 0.25) is 0 Å². The Kier molecular flexibility index (Phi) is 7.61. The van der Waals surface area contributed by atoms with E-state index in [0.717, 1.165) is 49.8 Å². The second-order valence-electron chi connectivity index (χ2n) is 8.46. The number of carbonyl (C=O) groups excluding carboxylic acids is 1. The van der Waals surface area contributed by atoms with Gasteiger partial charge in [0.05, 0.1) is 24.4 Å². The molecule has 0 spiro atoms. The number of aliphatic hydroxyl groups excluding tert-OH is 1. The number of ether oxygens (including phenoxy) is 1. The van der Waals surface area contributed by atoms with Crippen LogP contribution in [0.5, 0.6) is 0 Å². The molecular weight excluding hydrogens is 380 g/mol. The van der Waals surface area contributed by atoms with Crippen LogP contribution in [0.1, 0.15) is 69.8 Å². The van der Waals surface area contributed by atoms with E-state index in [2.05, 4.69) is 26.0 Å². The van der Waals surface area contributed by atoms with Crippen LogP contribution in [0.15, 0.2) is 62.7 Å². The normalized spacial score (nSPS) is 18.2. The third kappa shape index (κ3) is 6.15. The highest BCUT2D eigenvalue weighted by Crippen LogP contribution is 2.27. The maximum absolute atomic E-state index is 11.5. The Hall–Kier alpha value is -2.69. The molecule has 3 heterocycles. The summed E-state index contributed by atoms with van der Waals surface area (Å²) in [6, 6.07) is 4.08. The maximum atomic E-state index is 11.5. The average Bonchev–Trinajstić information content (AvgIpc) is 3.43. The number of aliphatic hydroxyl groups is 1. The van der Waals surface area contributed by atoms with Gasteiger partial charge in [-0.3, -0.25) is 0 Å². The summed E-state index contributed by atoms with van der Waals surface area (Å²) in [6.45, 7) is 5.94. The van der Waals surface area contributed by atoms with Crippen LogP contribution in [0, 0.1) is 5.92 Å². The van der Waals surface area contributed by atoms with E-state index in [9.17, 15) is 9.90 Å². The van der Waals surface area contributed by atoms with Gasteiger partial charge >= 0.3 is 5.97 Å². The van der Waals surface area contributed by atoms with Crippen LogP contribution in [0.3, 0.4) is 0 Å². The van der Waals surface area contributed by atoms with Crippen molar-refractivity contribution in [2.24, 2.45) is 5.92 Å². The molecule has 1 aliphatic rings. The topological polar surface area (TPSA) is 72.8 Å². The summed E-state index contributed by atoms with van der Waals surface area (Å²) in [5.41, 5.74) is 4.08. The number of rotatable bonds is 11. The first kappa shape index (κ1) is 22.0. The molecule has 1 N–H and O–H groups in total. The predicted octanol–water partition coefficient (Wildman–Crippen LogP) is 6.30. The molecule has 0 aliphatic carbocycles. The standard InChI is InChI=1S/C25H32O5/c1-17(6-4-8-18(2)12-23-24(26)19(3)25(27)30-23)7-5-9-20-13-22(29-16-20)14-21-10-11-28-15-21/h7,10-11,13,15-16,18,23,26H,4-6,8-9,12,14H2,1-3H3. The van der Waals surface area contributed by atoms with Gasteiger partial charge in [-0.2, -0.15) is 0 Å². The quantitative estimate of drug-likeness (QED) is 0.346. The van der Waals surface area contributed by atoms with Gasteiger partial charge < -0.3 is 18.7 Å². The molecule has 162 valence electrons. The van der Waals surface area contributed by atoms with E-state index < -0.39 is 12.1 Å². The third-order valence-corrected chi connectivity index (χ3v) is 5.72. The highest BCUT2D eigenvalue weighted by atomic mass is 16.6. The minimum absolute atomic E-state index is 0.107. The van der Waals surface area contributed by atoms with Gasteiger partial charge in [0, 0.05) is 6.42 Å². The molecular formula is C25H32O5. The first-order valence-corrected chi connectivity index (χ1v) is 10.8. The zero-order valence-electron chi connectivity index (χ0n) is 18.1. The van der Waals surface area contributed by atoms with E-state index in [1.807, 2.05) is 12.3 Å². The zero-order valence-corrected chi connectivity index (χ0v) is 18.1. The van der Waals surface area contributed by atoms with Gasteiger partial charge in [-0.15, -0.1) is 0 Å². The Morgan fingerprint density at radius 1 is 1.30 bits per heavy atom. The summed E-state index contributed by atoms with van der Waals surface area (Å²) in [4.78, 5) is 11.5. The fraction of sp³-hybridized carbons (Fsp3) is 0.480. The molecule has 2 atom stereocenters. The second kappa shape index (κ2) is 10.4. The largest absolute Gasteiger partial charge is 0.508 e. The number of hydrogen-bond acceptors (Lipinski definition) is 5. The van der Waals surface area contributed by atoms with E-state index in [-0.39, 0.29) is 5.76 Å². The molecule has 0 amide bonds. The van der Waals surface area contributed by atoms with Gasteiger partial charge in [0.15, 0.2) is 6.10 Å². The smallest absolute Gasteiger partial charge is 0.337 e. The van der Waals surface area contributed by atoms with Crippen LogP contribution in [0.25, 0.3) is 0 Å². The van der Waals surface area contributed by atoms with Gasteiger partial charge in [-0.25, -0.2) is 4.79 Å². The molecule has 0 fully saturated rings. The number of allylic oxidation sites excluding steroid dienone is 2. The van der Waals surface area contributed by atoms with Crippen molar-refractivity contribution in [3.05, 3.63) is 70.8 Å². The lowest BCUT2D eigenvalue weighted by Crippen LogP contribution is -2.15. The molecule has 1 aliphatic heterocycles. The van der Waals surface area contributed by atoms with Gasteiger partial charge in [-0.1, -0.05) is 25.0 Å². The van der Waals surface area contributed by atoms with Crippen LogP contribution < -0.4 is 0 Å². The Morgan fingerprint density at radius 2 is 2.13 bits per heavy atom. The number of cyclic esters (lactones) is 1. The lowest BCUT2D eigenvalue weighted by molar-refractivity contribution is -0.140. The first-order valence-electron chi connectivity index (χ1n) is 10.8. The Balaban J connectivity index is 1.33. The molecule has 0 aromatic carbocycles. The number of esters is 1. The van der Waals surface area contributed by atoms with E-state index in [1.54, 1.807) is 19.5 Å². The van der Waals surface area contributed by atoms with Crippen molar-refractivity contribution in [2.45, 2.75) is 71.8 Å². The summed E-state index contributed by atoms with van der Waals surface area (Å²) in [7, 11) is 0. The Morgan fingerprint density at radius 3 is 2.83 bits per heavy atom. The molecule has 5 nitrogen and oxygen atoms in total. The number of hydrogen-bond donors (Lipinski definition) is 1. The molecule has 0 saturated heterocycles. The predicted molar refractivity (Wildman–Crippen MR) is 115 cm³/mol. The van der Waals surface area contributed by atoms with E-state index in [0.29, 0.717) is 17.9 Å². The molecule has 0 radical (unpaired) electrons. The first-order chi connectivity index (χ1) is 14.4. The van der Waals surface area contributed by atoms with Crippen molar-refractivity contribution < 1.29 is 23.5 Å². The van der Waals surface area contributed by atoms with E-state index in [4.69, 9.17) is 13.6 Å². The molecule has 0 bridgehead atoms. The average molecular weight is 413 g/mol. The van der Waals surface area contributed by atoms with Gasteiger partial charge in [0.1, 0.15) is 11.5 Å². The minimum atomic E-state index is -0.461. The van der Waals surface area contributed by atoms with E-state index in [1.165, 1.54) is 11.1 Å². The fourth-order valence-electron chi connectivity index (χ4n) is 3.82. The van der Waals surface area contributed by atoms with Crippen molar-refractivity contribution in [1.82, 2.24) is 0 Å². The number of furan rings is 2. The molecule has 30 heavy (non-hydrogen) atoms. The summed E-state index contributed by atoms with van der Waals surface area (Å²) in [6.07, 6.45) is 13.7. The molecule has 3 rings (SSSR count). The highest BCUT2D eigenvalue weighted by Gasteiger charge is 2.32. The van der Waals surface area contributed by atoms with Crippen molar-refractivity contribution in [2.75, 3.05) is 0 Å². The second-order valence-corrected chi connectivity index (χ2v) is 8.46.